The molecule has 4 rings (SSSR count). The van der Waals surface area contributed by atoms with Gasteiger partial charge in [-0.3, -0.25) is 4.79 Å². The molecule has 2 N–H and O–H groups in total. The van der Waals surface area contributed by atoms with Crippen LogP contribution >= 0.6 is 11.6 Å². The largest absolute Gasteiger partial charge is 0.497 e. The van der Waals surface area contributed by atoms with Gasteiger partial charge >= 0.3 is 0 Å². The topological polar surface area (TPSA) is 116 Å². The van der Waals surface area contributed by atoms with Crippen LogP contribution in [0.2, 0.25) is 5.02 Å². The van der Waals surface area contributed by atoms with E-state index in [1.807, 2.05) is 0 Å². The van der Waals surface area contributed by atoms with Crippen molar-refractivity contribution in [3.8, 4) is 17.2 Å². The minimum Gasteiger partial charge on any atom is -0.497 e. The number of hydrogen-bond donors (Lipinski definition) is 1. The van der Waals surface area contributed by atoms with Gasteiger partial charge in [0.25, 0.3) is 0 Å². The van der Waals surface area contributed by atoms with Gasteiger partial charge in [0.15, 0.2) is 0 Å². The number of amides is 1. The molecule has 0 aliphatic carbocycles. The van der Waals surface area contributed by atoms with E-state index in [0.717, 1.165) is 0 Å². The Balaban J connectivity index is 1.77. The molecule has 8 nitrogen and oxygen atoms in total. The molecule has 3 aromatic rings. The standard InChI is InChI=1S/C22H22ClN3O5S/c1-30-17-6-2-15(3-7-17)20-25-21(32(28,29)18-8-4-16(23)5-9-18)22(31-20)26-12-10-14(11-13-26)19(24)27/h2-9,14H,10-13H2,1H3,(H2,24,27). The third-order valence-electron chi connectivity index (χ3n) is 5.48. The van der Waals surface area contributed by atoms with Crippen molar-refractivity contribution in [2.75, 3.05) is 25.1 Å². The number of nitrogens with two attached hydrogens (primary N) is 1. The Morgan fingerprint density at radius 1 is 1.12 bits per heavy atom. The van der Waals surface area contributed by atoms with Crippen molar-refractivity contribution < 1.29 is 22.4 Å². The molecular weight excluding hydrogens is 454 g/mol. The highest BCUT2D eigenvalue weighted by Gasteiger charge is 2.34. The minimum atomic E-state index is -3.99. The van der Waals surface area contributed by atoms with Crippen molar-refractivity contribution in [3.63, 3.8) is 0 Å². The molecule has 0 atom stereocenters. The molecule has 1 aliphatic heterocycles. The number of nitrogens with zero attached hydrogens (tertiary/aromatic N) is 2. The van der Waals surface area contributed by atoms with E-state index in [-0.39, 0.29) is 33.5 Å². The number of carbonyl (C=O) groups is 1. The average molecular weight is 476 g/mol. The van der Waals surface area contributed by atoms with Gasteiger partial charge in [0, 0.05) is 29.6 Å². The Labute approximate surface area is 190 Å². The van der Waals surface area contributed by atoms with Crippen LogP contribution in [0.4, 0.5) is 5.88 Å². The lowest BCUT2D eigenvalue weighted by atomic mass is 9.96. The number of rotatable bonds is 6. The number of methoxy groups -OCH3 is 1. The molecule has 1 saturated heterocycles. The summed E-state index contributed by atoms with van der Waals surface area (Å²) in [5, 5.41) is 0.250. The average Bonchev–Trinajstić information content (AvgIpc) is 3.26. The summed E-state index contributed by atoms with van der Waals surface area (Å²) < 4.78 is 38.1. The number of carbonyl (C=O) groups excluding carboxylic acids is 1. The van der Waals surface area contributed by atoms with Crippen molar-refractivity contribution in [3.05, 3.63) is 53.6 Å². The molecule has 1 fully saturated rings. The van der Waals surface area contributed by atoms with Gasteiger partial charge in [-0.15, -0.1) is 0 Å². The van der Waals surface area contributed by atoms with Gasteiger partial charge in [0.05, 0.1) is 12.0 Å². The molecule has 32 heavy (non-hydrogen) atoms. The summed E-state index contributed by atoms with van der Waals surface area (Å²) in [4.78, 5) is 17.8. The van der Waals surface area contributed by atoms with Gasteiger partial charge in [0.2, 0.25) is 32.5 Å². The molecule has 0 spiro atoms. The summed E-state index contributed by atoms with van der Waals surface area (Å²) in [6.07, 6.45) is 1.02. The minimum absolute atomic E-state index is 0.0600. The molecule has 0 unspecified atom stereocenters. The maximum atomic E-state index is 13.4. The summed E-state index contributed by atoms with van der Waals surface area (Å²) in [5.74, 6) is 0.380. The highest BCUT2D eigenvalue weighted by Crippen LogP contribution is 2.37. The van der Waals surface area contributed by atoms with Crippen molar-refractivity contribution in [1.82, 2.24) is 4.98 Å². The van der Waals surface area contributed by atoms with Crippen molar-refractivity contribution in [2.45, 2.75) is 22.8 Å². The van der Waals surface area contributed by atoms with Crippen LogP contribution in [0, 0.1) is 5.92 Å². The number of oxazole rings is 1. The van der Waals surface area contributed by atoms with E-state index >= 15 is 0 Å². The predicted molar refractivity (Wildman–Crippen MR) is 120 cm³/mol. The lowest BCUT2D eigenvalue weighted by molar-refractivity contribution is -0.122. The number of sulfone groups is 1. The van der Waals surface area contributed by atoms with Gasteiger partial charge < -0.3 is 19.8 Å². The number of aromatic nitrogens is 1. The van der Waals surface area contributed by atoms with Crippen LogP contribution in [0.25, 0.3) is 11.5 Å². The SMILES string of the molecule is COc1ccc(-c2nc(S(=O)(=O)c3ccc(Cl)cc3)c(N3CCC(C(N)=O)CC3)o2)cc1. The third kappa shape index (κ3) is 4.31. The quantitative estimate of drug-likeness (QED) is 0.579. The lowest BCUT2D eigenvalue weighted by Crippen LogP contribution is -2.38. The first-order valence-corrected chi connectivity index (χ1v) is 11.9. The van der Waals surface area contributed by atoms with E-state index < -0.39 is 9.84 Å². The van der Waals surface area contributed by atoms with Gasteiger partial charge in [-0.25, -0.2) is 8.42 Å². The van der Waals surface area contributed by atoms with Gasteiger partial charge in [-0.1, -0.05) is 11.6 Å². The van der Waals surface area contributed by atoms with E-state index in [9.17, 15) is 13.2 Å². The number of primary amides is 1. The Hall–Kier alpha value is -3.04. The number of benzene rings is 2. The van der Waals surface area contributed by atoms with Crippen molar-refractivity contribution in [2.24, 2.45) is 11.7 Å². The number of hydrogen-bond acceptors (Lipinski definition) is 7. The van der Waals surface area contributed by atoms with E-state index in [1.54, 1.807) is 36.3 Å². The van der Waals surface area contributed by atoms with Crippen LogP contribution in [0.3, 0.4) is 0 Å². The zero-order valence-electron chi connectivity index (χ0n) is 17.3. The lowest BCUT2D eigenvalue weighted by Gasteiger charge is -2.30. The van der Waals surface area contributed by atoms with Gasteiger partial charge in [-0.05, 0) is 61.4 Å². The van der Waals surface area contributed by atoms with E-state index in [4.69, 9.17) is 26.5 Å². The highest BCUT2D eigenvalue weighted by atomic mass is 35.5. The molecule has 1 aromatic heterocycles. The number of ether oxygens (including phenoxy) is 1. The van der Waals surface area contributed by atoms with E-state index in [1.165, 1.54) is 24.3 Å². The van der Waals surface area contributed by atoms with Gasteiger partial charge in [0.1, 0.15) is 5.75 Å². The first kappa shape index (κ1) is 22.2. The molecular formula is C22H22ClN3O5S. The van der Waals surface area contributed by atoms with E-state index in [2.05, 4.69) is 4.98 Å². The fourth-order valence-electron chi connectivity index (χ4n) is 3.62. The number of halogens is 1. The molecule has 0 saturated carbocycles. The predicted octanol–water partition coefficient (Wildman–Crippen LogP) is 3.54. The zero-order valence-corrected chi connectivity index (χ0v) is 18.9. The zero-order chi connectivity index (χ0) is 22.9. The molecule has 1 amide bonds. The Bertz CT molecular complexity index is 1220. The first-order chi connectivity index (χ1) is 15.3. The summed E-state index contributed by atoms with van der Waals surface area (Å²) in [7, 11) is -2.43. The second kappa shape index (κ2) is 8.84. The van der Waals surface area contributed by atoms with Crippen LogP contribution < -0.4 is 15.4 Å². The molecule has 168 valence electrons. The summed E-state index contributed by atoms with van der Waals surface area (Å²) in [6.45, 7) is 0.849. The maximum absolute atomic E-state index is 13.4. The molecule has 0 radical (unpaired) electrons. The summed E-state index contributed by atoms with van der Waals surface area (Å²) >= 11 is 5.92. The monoisotopic (exact) mass is 475 g/mol. The Kier molecular flexibility index (Phi) is 6.12. The Morgan fingerprint density at radius 2 is 1.75 bits per heavy atom. The number of piperidine rings is 1. The third-order valence-corrected chi connectivity index (χ3v) is 7.40. The van der Waals surface area contributed by atoms with Crippen LogP contribution in [-0.4, -0.2) is 39.5 Å². The fraction of sp³-hybridized carbons (Fsp3) is 0.273. The molecule has 2 aromatic carbocycles. The fourth-order valence-corrected chi connectivity index (χ4v) is 5.07. The van der Waals surface area contributed by atoms with Crippen LogP contribution in [0.1, 0.15) is 12.8 Å². The summed E-state index contributed by atoms with van der Waals surface area (Å²) in [6, 6.07) is 12.9. The smallest absolute Gasteiger partial charge is 0.236 e. The second-order valence-corrected chi connectivity index (χ2v) is 9.78. The summed E-state index contributed by atoms with van der Waals surface area (Å²) in [5.41, 5.74) is 6.04. The Morgan fingerprint density at radius 3 is 2.31 bits per heavy atom. The van der Waals surface area contributed by atoms with Crippen molar-refractivity contribution >= 4 is 33.2 Å². The van der Waals surface area contributed by atoms with E-state index in [0.29, 0.717) is 42.3 Å². The van der Waals surface area contributed by atoms with Crippen LogP contribution in [0.5, 0.6) is 5.75 Å². The first-order valence-electron chi connectivity index (χ1n) is 10.00. The highest BCUT2D eigenvalue weighted by molar-refractivity contribution is 7.91. The van der Waals surface area contributed by atoms with Crippen molar-refractivity contribution in [1.29, 1.82) is 0 Å². The van der Waals surface area contributed by atoms with Crippen LogP contribution in [0.15, 0.2) is 62.9 Å². The second-order valence-electron chi connectivity index (χ2n) is 7.48. The van der Waals surface area contributed by atoms with Crippen LogP contribution in [-0.2, 0) is 14.6 Å². The molecule has 10 heteroatoms. The normalized spacial score (nSPS) is 15.0. The maximum Gasteiger partial charge on any atom is 0.236 e. The molecule has 2 heterocycles. The number of anilines is 1. The molecule has 1 aliphatic rings. The van der Waals surface area contributed by atoms with Gasteiger partial charge in [-0.2, -0.15) is 4.98 Å². The molecule has 0 bridgehead atoms.